The number of hydrogen-bond acceptors (Lipinski definition) is 4. The Kier molecular flexibility index (Phi) is 3.70. The molecule has 0 aliphatic carbocycles. The maximum Gasteiger partial charge on any atom is 0.306 e. The first kappa shape index (κ1) is 11.5. The van der Waals surface area contributed by atoms with Gasteiger partial charge in [-0.3, -0.25) is 4.79 Å². The molecular formula is C9H10FNO4. The third-order valence-electron chi connectivity index (χ3n) is 1.85. The van der Waals surface area contributed by atoms with Gasteiger partial charge in [0.15, 0.2) is 0 Å². The van der Waals surface area contributed by atoms with Crippen molar-refractivity contribution in [2.24, 2.45) is 0 Å². The molecule has 82 valence electrons. The van der Waals surface area contributed by atoms with E-state index in [4.69, 9.17) is 5.11 Å². The molecule has 1 rings (SSSR count). The normalized spacial score (nSPS) is 14.6. The molecule has 1 aromatic rings. The monoisotopic (exact) mass is 215 g/mol. The van der Waals surface area contributed by atoms with Crippen molar-refractivity contribution in [1.82, 2.24) is 4.98 Å². The van der Waals surface area contributed by atoms with Gasteiger partial charge in [-0.2, -0.15) is 4.39 Å². The number of carboxylic acids is 1. The van der Waals surface area contributed by atoms with Crippen LogP contribution in [0.4, 0.5) is 4.39 Å². The lowest BCUT2D eigenvalue weighted by atomic mass is 10.0. The van der Waals surface area contributed by atoms with E-state index in [2.05, 4.69) is 4.98 Å². The number of carboxylic acid groups (broad SMARTS) is 1. The van der Waals surface area contributed by atoms with Crippen molar-refractivity contribution in [3.8, 4) is 0 Å². The molecule has 3 N–H and O–H groups in total. The van der Waals surface area contributed by atoms with Crippen LogP contribution in [0.15, 0.2) is 18.3 Å². The van der Waals surface area contributed by atoms with E-state index in [9.17, 15) is 19.4 Å². The van der Waals surface area contributed by atoms with E-state index in [1.165, 1.54) is 18.3 Å². The Morgan fingerprint density at radius 1 is 1.53 bits per heavy atom. The number of rotatable bonds is 4. The van der Waals surface area contributed by atoms with E-state index in [-0.39, 0.29) is 5.56 Å². The van der Waals surface area contributed by atoms with Crippen molar-refractivity contribution < 1.29 is 24.5 Å². The molecule has 5 nitrogen and oxygen atoms in total. The average Bonchev–Trinajstić information content (AvgIpc) is 2.16. The van der Waals surface area contributed by atoms with Crippen LogP contribution in [0, 0.1) is 5.95 Å². The average molecular weight is 215 g/mol. The third kappa shape index (κ3) is 2.97. The summed E-state index contributed by atoms with van der Waals surface area (Å²) in [4.78, 5) is 13.5. The fraction of sp³-hybridized carbons (Fsp3) is 0.333. The van der Waals surface area contributed by atoms with Crippen LogP contribution >= 0.6 is 0 Å². The van der Waals surface area contributed by atoms with E-state index >= 15 is 0 Å². The minimum absolute atomic E-state index is 0.216. The third-order valence-corrected chi connectivity index (χ3v) is 1.85. The number of hydrogen-bond donors (Lipinski definition) is 3. The summed E-state index contributed by atoms with van der Waals surface area (Å²) in [5.41, 5.74) is -0.216. The van der Waals surface area contributed by atoms with Crippen molar-refractivity contribution in [2.45, 2.75) is 18.6 Å². The molecule has 0 spiro atoms. The number of carbonyl (C=O) groups is 1. The first-order valence-corrected chi connectivity index (χ1v) is 4.20. The fourth-order valence-corrected chi connectivity index (χ4v) is 1.12. The summed E-state index contributed by atoms with van der Waals surface area (Å²) in [5.74, 6) is -2.19. The van der Waals surface area contributed by atoms with Crippen molar-refractivity contribution >= 4 is 5.97 Å². The van der Waals surface area contributed by atoms with Gasteiger partial charge in [0, 0.05) is 11.8 Å². The number of nitrogens with zero attached hydrogens (tertiary/aromatic N) is 1. The standard InChI is InChI=1S/C9H10FNO4/c10-9-5(2-1-3-11-9)8(15)6(12)4-7(13)14/h1-3,6,8,12,15H,4H2,(H,13,14). The summed E-state index contributed by atoms with van der Waals surface area (Å²) in [5, 5.41) is 27.0. The number of aliphatic hydroxyl groups excluding tert-OH is 2. The van der Waals surface area contributed by atoms with Crippen LogP contribution in [0.1, 0.15) is 18.1 Å². The van der Waals surface area contributed by atoms with Crippen LogP contribution in [0.2, 0.25) is 0 Å². The molecule has 0 saturated heterocycles. The van der Waals surface area contributed by atoms with Crippen LogP contribution < -0.4 is 0 Å². The van der Waals surface area contributed by atoms with Crippen LogP contribution in [-0.2, 0) is 4.79 Å². The highest BCUT2D eigenvalue weighted by Gasteiger charge is 2.23. The van der Waals surface area contributed by atoms with E-state index in [1.807, 2.05) is 0 Å². The molecule has 1 heterocycles. The largest absolute Gasteiger partial charge is 0.481 e. The summed E-state index contributed by atoms with van der Waals surface area (Å²) < 4.78 is 13.0. The van der Waals surface area contributed by atoms with E-state index < -0.39 is 30.5 Å². The maximum atomic E-state index is 13.0. The Labute approximate surface area is 84.8 Å². The highest BCUT2D eigenvalue weighted by molar-refractivity contribution is 5.67. The number of halogens is 1. The molecule has 15 heavy (non-hydrogen) atoms. The van der Waals surface area contributed by atoms with Gasteiger partial charge < -0.3 is 15.3 Å². The van der Waals surface area contributed by atoms with Gasteiger partial charge in [0.25, 0.3) is 0 Å². The lowest BCUT2D eigenvalue weighted by molar-refractivity contribution is -0.141. The zero-order valence-electron chi connectivity index (χ0n) is 7.67. The molecule has 2 atom stereocenters. The Balaban J connectivity index is 2.80. The SMILES string of the molecule is O=C(O)CC(O)C(O)c1cccnc1F. The number of aliphatic carboxylic acids is 1. The van der Waals surface area contributed by atoms with E-state index in [1.54, 1.807) is 0 Å². The zero-order chi connectivity index (χ0) is 11.4. The highest BCUT2D eigenvalue weighted by atomic mass is 19.1. The Morgan fingerprint density at radius 3 is 2.73 bits per heavy atom. The number of pyridine rings is 1. The van der Waals surface area contributed by atoms with Crippen molar-refractivity contribution in [1.29, 1.82) is 0 Å². The molecule has 0 aliphatic rings. The van der Waals surface area contributed by atoms with Gasteiger partial charge in [0.2, 0.25) is 5.95 Å². The van der Waals surface area contributed by atoms with Gasteiger partial charge in [0.1, 0.15) is 6.10 Å². The topological polar surface area (TPSA) is 90.7 Å². The molecule has 2 unspecified atom stereocenters. The second-order valence-electron chi connectivity index (χ2n) is 2.99. The Bertz CT molecular complexity index is 358. The molecule has 0 bridgehead atoms. The summed E-state index contributed by atoms with van der Waals surface area (Å²) >= 11 is 0. The summed E-state index contributed by atoms with van der Waals surface area (Å²) in [7, 11) is 0. The van der Waals surface area contributed by atoms with Crippen LogP contribution in [0.25, 0.3) is 0 Å². The lowest BCUT2D eigenvalue weighted by Gasteiger charge is -2.16. The molecule has 6 heteroatoms. The molecule has 0 aliphatic heterocycles. The van der Waals surface area contributed by atoms with Gasteiger partial charge in [-0.05, 0) is 6.07 Å². The second-order valence-corrected chi connectivity index (χ2v) is 2.99. The predicted molar refractivity (Wildman–Crippen MR) is 47.4 cm³/mol. The minimum atomic E-state index is -1.59. The van der Waals surface area contributed by atoms with Crippen LogP contribution in [0.5, 0.6) is 0 Å². The van der Waals surface area contributed by atoms with Gasteiger partial charge in [-0.15, -0.1) is 0 Å². The Hall–Kier alpha value is -1.53. The fourth-order valence-electron chi connectivity index (χ4n) is 1.12. The van der Waals surface area contributed by atoms with E-state index in [0.717, 1.165) is 0 Å². The number of aliphatic hydroxyl groups is 2. The molecule has 0 fully saturated rings. The van der Waals surface area contributed by atoms with Crippen molar-refractivity contribution in [3.05, 3.63) is 29.8 Å². The van der Waals surface area contributed by atoms with Crippen molar-refractivity contribution in [3.63, 3.8) is 0 Å². The van der Waals surface area contributed by atoms with Gasteiger partial charge in [-0.25, -0.2) is 4.98 Å². The van der Waals surface area contributed by atoms with Crippen molar-refractivity contribution in [2.75, 3.05) is 0 Å². The molecule has 0 amide bonds. The quantitative estimate of drug-likeness (QED) is 0.619. The van der Waals surface area contributed by atoms with E-state index in [0.29, 0.717) is 0 Å². The predicted octanol–water partition coefficient (Wildman–Crippen LogP) is 0.0897. The molecular weight excluding hydrogens is 205 g/mol. The number of aromatic nitrogens is 1. The minimum Gasteiger partial charge on any atom is -0.481 e. The molecule has 0 saturated carbocycles. The van der Waals surface area contributed by atoms with Crippen LogP contribution in [-0.4, -0.2) is 32.4 Å². The van der Waals surface area contributed by atoms with Gasteiger partial charge in [0.05, 0.1) is 12.5 Å². The summed E-state index contributed by atoms with van der Waals surface area (Å²) in [6, 6.07) is 2.62. The first-order chi connectivity index (χ1) is 7.02. The molecule has 0 aromatic carbocycles. The lowest BCUT2D eigenvalue weighted by Crippen LogP contribution is -2.22. The second kappa shape index (κ2) is 4.81. The Morgan fingerprint density at radius 2 is 2.20 bits per heavy atom. The van der Waals surface area contributed by atoms with Gasteiger partial charge >= 0.3 is 5.97 Å². The first-order valence-electron chi connectivity index (χ1n) is 4.20. The van der Waals surface area contributed by atoms with Gasteiger partial charge in [-0.1, -0.05) is 6.07 Å². The molecule has 0 radical (unpaired) electrons. The zero-order valence-corrected chi connectivity index (χ0v) is 7.67. The smallest absolute Gasteiger partial charge is 0.306 e. The van der Waals surface area contributed by atoms with Crippen LogP contribution in [0.3, 0.4) is 0 Å². The molecule has 1 aromatic heterocycles. The maximum absolute atomic E-state index is 13.0. The summed E-state index contributed by atoms with van der Waals surface area (Å²) in [6.07, 6.45) is -2.61. The summed E-state index contributed by atoms with van der Waals surface area (Å²) in [6.45, 7) is 0. The highest BCUT2D eigenvalue weighted by Crippen LogP contribution is 2.20.